The van der Waals surface area contributed by atoms with Crippen LogP contribution in [-0.2, 0) is 22.0 Å². The van der Waals surface area contributed by atoms with Gasteiger partial charge in [-0.05, 0) is 51.1 Å². The topological polar surface area (TPSA) is 37.3 Å². The van der Waals surface area contributed by atoms with E-state index in [1.165, 1.54) is 16.7 Å². The second-order valence-corrected chi connectivity index (χ2v) is 9.01. The summed E-state index contributed by atoms with van der Waals surface area (Å²) < 4.78 is 0. The van der Waals surface area contributed by atoms with Crippen LogP contribution in [0.5, 0.6) is 0 Å². The van der Waals surface area contributed by atoms with E-state index in [0.717, 1.165) is 16.7 Å². The van der Waals surface area contributed by atoms with Gasteiger partial charge in [-0.1, -0.05) is 77.9 Å². The summed E-state index contributed by atoms with van der Waals surface area (Å²) in [5.74, 6) is -0.791. The molecule has 2 nitrogen and oxygen atoms in total. The molecule has 134 valence electrons. The van der Waals surface area contributed by atoms with Crippen molar-refractivity contribution < 1.29 is 9.90 Å². The van der Waals surface area contributed by atoms with Gasteiger partial charge >= 0.3 is 5.97 Å². The van der Waals surface area contributed by atoms with Crippen molar-refractivity contribution in [2.24, 2.45) is 0 Å². The molecule has 2 heteroatoms. The van der Waals surface area contributed by atoms with Crippen LogP contribution in [0, 0.1) is 6.92 Å². The molecule has 0 heterocycles. The van der Waals surface area contributed by atoms with Gasteiger partial charge in [-0.2, -0.15) is 0 Å². The Labute approximate surface area is 151 Å². The Kier molecular flexibility index (Phi) is 5.13. The highest BCUT2D eigenvalue weighted by Gasteiger charge is 2.21. The quantitative estimate of drug-likeness (QED) is 0.758. The van der Waals surface area contributed by atoms with E-state index >= 15 is 0 Å². The minimum Gasteiger partial charge on any atom is -0.481 e. The first kappa shape index (κ1) is 19.2. The molecule has 2 rings (SSSR count). The van der Waals surface area contributed by atoms with E-state index < -0.39 is 5.97 Å². The molecule has 0 saturated heterocycles. The molecule has 25 heavy (non-hydrogen) atoms. The van der Waals surface area contributed by atoms with Crippen molar-refractivity contribution in [3.63, 3.8) is 0 Å². The molecular formula is C23H30O2. The van der Waals surface area contributed by atoms with Gasteiger partial charge in [0, 0.05) is 0 Å². The van der Waals surface area contributed by atoms with Crippen LogP contribution in [-0.4, -0.2) is 11.1 Å². The Morgan fingerprint density at radius 2 is 1.36 bits per heavy atom. The Balaban J connectivity index is 2.58. The molecule has 0 aliphatic rings. The number of carboxylic acids is 1. The van der Waals surface area contributed by atoms with Gasteiger partial charge in [-0.3, -0.25) is 4.79 Å². The van der Waals surface area contributed by atoms with E-state index in [1.54, 1.807) is 0 Å². The number of carboxylic acid groups (broad SMARTS) is 1. The van der Waals surface area contributed by atoms with Crippen LogP contribution in [0.25, 0.3) is 11.1 Å². The highest BCUT2D eigenvalue weighted by atomic mass is 16.4. The number of rotatable bonds is 3. The first-order chi connectivity index (χ1) is 11.4. The summed E-state index contributed by atoms with van der Waals surface area (Å²) in [7, 11) is 0. The van der Waals surface area contributed by atoms with Gasteiger partial charge in [-0.15, -0.1) is 0 Å². The zero-order valence-electron chi connectivity index (χ0n) is 16.5. The Morgan fingerprint density at radius 1 is 0.840 bits per heavy atom. The van der Waals surface area contributed by atoms with E-state index in [2.05, 4.69) is 65.8 Å². The maximum atomic E-state index is 11.0. The fourth-order valence-corrected chi connectivity index (χ4v) is 2.90. The molecule has 1 N–H and O–H groups in total. The third-order valence-electron chi connectivity index (χ3n) is 4.68. The zero-order chi connectivity index (χ0) is 19.0. The molecule has 0 aliphatic carbocycles. The predicted octanol–water partition coefficient (Wildman–Crippen LogP) is 5.88. The van der Waals surface area contributed by atoms with Crippen LogP contribution < -0.4 is 0 Å². The van der Waals surface area contributed by atoms with Crippen LogP contribution in [0.2, 0.25) is 0 Å². The summed E-state index contributed by atoms with van der Waals surface area (Å²) in [6, 6.07) is 12.9. The predicted molar refractivity (Wildman–Crippen MR) is 105 cm³/mol. The van der Waals surface area contributed by atoms with Crippen molar-refractivity contribution in [2.45, 2.75) is 65.7 Å². The van der Waals surface area contributed by atoms with Crippen molar-refractivity contribution in [1.29, 1.82) is 0 Å². The summed E-state index contributed by atoms with van der Waals surface area (Å²) in [6.07, 6.45) is 0.0708. The van der Waals surface area contributed by atoms with Gasteiger partial charge in [0.1, 0.15) is 0 Å². The van der Waals surface area contributed by atoms with Crippen LogP contribution >= 0.6 is 0 Å². The van der Waals surface area contributed by atoms with Crippen LogP contribution in [0.15, 0.2) is 36.4 Å². The van der Waals surface area contributed by atoms with Crippen molar-refractivity contribution in [1.82, 2.24) is 0 Å². The molecule has 0 amide bonds. The number of hydrogen-bond donors (Lipinski definition) is 1. The standard InChI is InChI=1S/C23H30O2/c1-15-10-17(9-8-16(15)13-21(24)25)18-11-19(22(2,3)4)14-20(12-18)23(5,6)7/h8-12,14H,13H2,1-7H3,(H,24,25). The SMILES string of the molecule is Cc1cc(-c2cc(C(C)(C)C)cc(C(C)(C)C)c2)ccc1CC(=O)O. The molecule has 0 unspecified atom stereocenters. The van der Waals surface area contributed by atoms with Gasteiger partial charge in [0.25, 0.3) is 0 Å². The second-order valence-electron chi connectivity index (χ2n) is 9.01. The van der Waals surface area contributed by atoms with Gasteiger partial charge in [-0.25, -0.2) is 0 Å². The molecule has 2 aromatic rings. The minimum absolute atomic E-state index is 0.0708. The first-order valence-electron chi connectivity index (χ1n) is 8.85. The van der Waals surface area contributed by atoms with E-state index in [4.69, 9.17) is 5.11 Å². The molecule has 0 aliphatic heterocycles. The van der Waals surface area contributed by atoms with Crippen molar-refractivity contribution in [2.75, 3.05) is 0 Å². The molecule has 0 fully saturated rings. The van der Waals surface area contributed by atoms with Crippen molar-refractivity contribution >= 4 is 5.97 Å². The lowest BCUT2D eigenvalue weighted by molar-refractivity contribution is -0.136. The Morgan fingerprint density at radius 3 is 1.76 bits per heavy atom. The Hall–Kier alpha value is -2.09. The van der Waals surface area contributed by atoms with E-state index in [-0.39, 0.29) is 17.3 Å². The maximum absolute atomic E-state index is 11.0. The number of carbonyl (C=O) groups is 1. The monoisotopic (exact) mass is 338 g/mol. The fraction of sp³-hybridized carbons (Fsp3) is 0.435. The molecule has 0 aromatic heterocycles. The zero-order valence-corrected chi connectivity index (χ0v) is 16.5. The lowest BCUT2D eigenvalue weighted by Crippen LogP contribution is -2.16. The summed E-state index contributed by atoms with van der Waals surface area (Å²) in [5.41, 5.74) is 7.04. The van der Waals surface area contributed by atoms with Crippen LogP contribution in [0.1, 0.15) is 63.8 Å². The summed E-state index contributed by atoms with van der Waals surface area (Å²) in [4.78, 5) is 11.0. The molecule has 0 radical (unpaired) electrons. The van der Waals surface area contributed by atoms with Crippen molar-refractivity contribution in [3.8, 4) is 11.1 Å². The van der Waals surface area contributed by atoms with E-state index in [0.29, 0.717) is 0 Å². The highest BCUT2D eigenvalue weighted by Crippen LogP contribution is 2.34. The van der Waals surface area contributed by atoms with Gasteiger partial charge < -0.3 is 5.11 Å². The number of aryl methyl sites for hydroxylation is 1. The Bertz CT molecular complexity index is 754. The summed E-state index contributed by atoms with van der Waals surface area (Å²) >= 11 is 0. The molecule has 2 aromatic carbocycles. The largest absolute Gasteiger partial charge is 0.481 e. The van der Waals surface area contributed by atoms with E-state index in [9.17, 15) is 4.79 Å². The first-order valence-corrected chi connectivity index (χ1v) is 8.85. The summed E-state index contributed by atoms with van der Waals surface area (Å²) in [5, 5.41) is 9.03. The second kappa shape index (κ2) is 6.67. The lowest BCUT2D eigenvalue weighted by atomic mass is 9.79. The number of hydrogen-bond acceptors (Lipinski definition) is 1. The van der Waals surface area contributed by atoms with Crippen molar-refractivity contribution in [3.05, 3.63) is 58.7 Å². The maximum Gasteiger partial charge on any atom is 0.307 e. The molecule has 0 saturated carbocycles. The highest BCUT2D eigenvalue weighted by molar-refractivity contribution is 5.73. The summed E-state index contributed by atoms with van der Waals surface area (Å²) in [6.45, 7) is 15.4. The average molecular weight is 338 g/mol. The molecular weight excluding hydrogens is 308 g/mol. The third-order valence-corrected chi connectivity index (χ3v) is 4.68. The van der Waals surface area contributed by atoms with Crippen LogP contribution in [0.4, 0.5) is 0 Å². The normalized spacial score (nSPS) is 12.3. The molecule has 0 atom stereocenters. The fourth-order valence-electron chi connectivity index (χ4n) is 2.90. The van der Waals surface area contributed by atoms with Gasteiger partial charge in [0.2, 0.25) is 0 Å². The average Bonchev–Trinajstić information content (AvgIpc) is 2.46. The van der Waals surface area contributed by atoms with Gasteiger partial charge in [0.15, 0.2) is 0 Å². The van der Waals surface area contributed by atoms with E-state index in [1.807, 2.05) is 19.1 Å². The smallest absolute Gasteiger partial charge is 0.307 e. The number of benzene rings is 2. The minimum atomic E-state index is -0.791. The van der Waals surface area contributed by atoms with Gasteiger partial charge in [0.05, 0.1) is 6.42 Å². The van der Waals surface area contributed by atoms with Crippen LogP contribution in [0.3, 0.4) is 0 Å². The molecule has 0 spiro atoms. The number of aliphatic carboxylic acids is 1. The molecule has 0 bridgehead atoms. The lowest BCUT2D eigenvalue weighted by Gasteiger charge is -2.26. The third kappa shape index (κ3) is 4.72.